The summed E-state index contributed by atoms with van der Waals surface area (Å²) >= 11 is 0. The molecule has 3 aromatic carbocycles. The first kappa shape index (κ1) is 19.4. The summed E-state index contributed by atoms with van der Waals surface area (Å²) in [5.74, 6) is 0.363. The molecule has 150 valence electrons. The lowest BCUT2D eigenvalue weighted by Gasteiger charge is -2.16. The lowest BCUT2D eigenvalue weighted by Crippen LogP contribution is -2.24. The zero-order chi connectivity index (χ0) is 21.3. The van der Waals surface area contributed by atoms with Crippen LogP contribution in [0.15, 0.2) is 76.6 Å². The Labute approximate surface area is 174 Å². The zero-order valence-corrected chi connectivity index (χ0v) is 17.2. The minimum Gasteiger partial charge on any atom is -0.399 e. The van der Waals surface area contributed by atoms with Crippen LogP contribution in [0.5, 0.6) is 0 Å². The second kappa shape index (κ2) is 7.83. The van der Waals surface area contributed by atoms with Crippen molar-refractivity contribution in [1.29, 1.82) is 0 Å². The molecule has 0 bridgehead atoms. The molecule has 4 rings (SSSR count). The van der Waals surface area contributed by atoms with Gasteiger partial charge in [0.25, 0.3) is 5.56 Å². The minimum absolute atomic E-state index is 0.142. The largest absolute Gasteiger partial charge is 0.399 e. The van der Waals surface area contributed by atoms with Gasteiger partial charge in [0, 0.05) is 5.69 Å². The number of nitrogens with zero attached hydrogens (tertiary/aromatic N) is 3. The number of rotatable bonds is 4. The van der Waals surface area contributed by atoms with Crippen molar-refractivity contribution in [2.24, 2.45) is 5.10 Å². The number of benzene rings is 3. The van der Waals surface area contributed by atoms with Gasteiger partial charge in [-0.15, -0.1) is 0 Å². The third-order valence-electron chi connectivity index (χ3n) is 5.24. The molecule has 1 aromatic heterocycles. The van der Waals surface area contributed by atoms with E-state index in [1.54, 1.807) is 10.6 Å². The first-order chi connectivity index (χ1) is 14.5. The van der Waals surface area contributed by atoms with Crippen molar-refractivity contribution in [2.75, 3.05) is 11.2 Å². The van der Waals surface area contributed by atoms with Gasteiger partial charge in [-0.05, 0) is 67.8 Å². The van der Waals surface area contributed by atoms with E-state index in [4.69, 9.17) is 5.73 Å². The smallest absolute Gasteiger partial charge is 0.267 e. The Morgan fingerprint density at radius 1 is 1.00 bits per heavy atom. The van der Waals surface area contributed by atoms with E-state index in [9.17, 15) is 4.79 Å². The van der Waals surface area contributed by atoms with Crippen molar-refractivity contribution in [2.45, 2.75) is 20.8 Å². The normalized spacial score (nSPS) is 11.6. The molecule has 0 aliphatic rings. The standard InChI is InChI=1S/C24H23N5O/c1-15-7-6-10-22(16(15)2)29-23(30)20-8-4-5-9-21(20)26-24(29)28-27-17(3)18-11-13-19(25)14-12-18/h4-14H,25H2,1-3H3,(H,26,28)/b27-17-. The Hall–Kier alpha value is -3.93. The molecule has 6 heteroatoms. The summed E-state index contributed by atoms with van der Waals surface area (Å²) in [5.41, 5.74) is 14.5. The number of nitrogen functional groups attached to an aromatic ring is 1. The molecule has 0 spiro atoms. The predicted octanol–water partition coefficient (Wildman–Crippen LogP) is 4.42. The highest BCUT2D eigenvalue weighted by Crippen LogP contribution is 2.21. The van der Waals surface area contributed by atoms with E-state index in [1.807, 2.05) is 81.4 Å². The molecular formula is C24H23N5O. The maximum atomic E-state index is 13.4. The zero-order valence-electron chi connectivity index (χ0n) is 17.2. The maximum Gasteiger partial charge on any atom is 0.267 e. The Kier molecular flexibility index (Phi) is 5.06. The van der Waals surface area contributed by atoms with Crippen LogP contribution in [0, 0.1) is 13.8 Å². The number of aryl methyl sites for hydroxylation is 1. The van der Waals surface area contributed by atoms with Gasteiger partial charge in [0.15, 0.2) is 0 Å². The van der Waals surface area contributed by atoms with Gasteiger partial charge in [-0.25, -0.2) is 15.0 Å². The number of anilines is 2. The van der Waals surface area contributed by atoms with Crippen LogP contribution in [0.4, 0.5) is 11.6 Å². The highest BCUT2D eigenvalue weighted by Gasteiger charge is 2.15. The molecule has 0 radical (unpaired) electrons. The fraction of sp³-hybridized carbons (Fsp3) is 0.125. The molecule has 0 aliphatic carbocycles. The Balaban J connectivity index is 1.88. The third-order valence-corrected chi connectivity index (χ3v) is 5.24. The van der Waals surface area contributed by atoms with Crippen LogP contribution >= 0.6 is 0 Å². The summed E-state index contributed by atoms with van der Waals surface area (Å²) in [5, 5.41) is 5.04. The topological polar surface area (TPSA) is 85.3 Å². The lowest BCUT2D eigenvalue weighted by molar-refractivity contribution is 0.943. The molecule has 0 saturated carbocycles. The van der Waals surface area contributed by atoms with E-state index < -0.39 is 0 Å². The number of hydrazone groups is 1. The third kappa shape index (κ3) is 3.55. The van der Waals surface area contributed by atoms with Crippen molar-refractivity contribution in [3.63, 3.8) is 0 Å². The van der Waals surface area contributed by atoms with E-state index in [2.05, 4.69) is 15.5 Å². The molecule has 0 amide bonds. The van der Waals surface area contributed by atoms with Crippen molar-refractivity contribution in [3.05, 3.63) is 93.8 Å². The van der Waals surface area contributed by atoms with E-state index in [0.29, 0.717) is 22.5 Å². The van der Waals surface area contributed by atoms with Crippen LogP contribution in [-0.4, -0.2) is 15.3 Å². The van der Waals surface area contributed by atoms with E-state index in [1.165, 1.54) is 0 Å². The summed E-state index contributed by atoms with van der Waals surface area (Å²) in [6.45, 7) is 5.91. The van der Waals surface area contributed by atoms with Crippen LogP contribution in [0.3, 0.4) is 0 Å². The van der Waals surface area contributed by atoms with Crippen molar-refractivity contribution >= 4 is 28.3 Å². The van der Waals surface area contributed by atoms with Gasteiger partial charge in [0.05, 0.1) is 22.3 Å². The summed E-state index contributed by atoms with van der Waals surface area (Å²) in [4.78, 5) is 18.1. The lowest BCUT2D eigenvalue weighted by atomic mass is 10.1. The first-order valence-corrected chi connectivity index (χ1v) is 9.70. The molecular weight excluding hydrogens is 374 g/mol. The molecule has 0 saturated heterocycles. The number of para-hydroxylation sites is 1. The van der Waals surface area contributed by atoms with E-state index >= 15 is 0 Å². The maximum absolute atomic E-state index is 13.4. The summed E-state index contributed by atoms with van der Waals surface area (Å²) in [6.07, 6.45) is 0. The van der Waals surface area contributed by atoms with Gasteiger partial charge < -0.3 is 5.73 Å². The van der Waals surface area contributed by atoms with Crippen molar-refractivity contribution in [1.82, 2.24) is 9.55 Å². The molecule has 4 aromatic rings. The fourth-order valence-electron chi connectivity index (χ4n) is 3.33. The minimum atomic E-state index is -0.142. The van der Waals surface area contributed by atoms with Crippen LogP contribution in [0.2, 0.25) is 0 Å². The van der Waals surface area contributed by atoms with Crippen LogP contribution < -0.4 is 16.7 Å². The molecule has 0 aliphatic heterocycles. The summed E-state index contributed by atoms with van der Waals surface area (Å²) in [7, 11) is 0. The second-order valence-electron chi connectivity index (χ2n) is 7.24. The predicted molar refractivity (Wildman–Crippen MR) is 124 cm³/mol. The first-order valence-electron chi connectivity index (χ1n) is 9.70. The monoisotopic (exact) mass is 397 g/mol. The van der Waals surface area contributed by atoms with Crippen LogP contribution in [-0.2, 0) is 0 Å². The van der Waals surface area contributed by atoms with Crippen molar-refractivity contribution in [3.8, 4) is 5.69 Å². The van der Waals surface area contributed by atoms with Gasteiger partial charge in [-0.2, -0.15) is 5.10 Å². The molecule has 6 nitrogen and oxygen atoms in total. The van der Waals surface area contributed by atoms with Gasteiger partial charge >= 0.3 is 0 Å². The average molecular weight is 397 g/mol. The quantitative estimate of drug-likeness (QED) is 0.303. The van der Waals surface area contributed by atoms with Gasteiger partial charge in [0.1, 0.15) is 0 Å². The van der Waals surface area contributed by atoms with Crippen LogP contribution in [0.1, 0.15) is 23.6 Å². The number of aromatic nitrogens is 2. The fourth-order valence-corrected chi connectivity index (χ4v) is 3.33. The van der Waals surface area contributed by atoms with Gasteiger partial charge in [0.2, 0.25) is 5.95 Å². The van der Waals surface area contributed by atoms with Crippen LogP contribution in [0.25, 0.3) is 16.6 Å². The number of fused-ring (bicyclic) bond motifs is 1. The Bertz CT molecular complexity index is 1320. The van der Waals surface area contributed by atoms with Gasteiger partial charge in [-0.3, -0.25) is 4.79 Å². The molecule has 3 N–H and O–H groups in total. The number of hydrogen-bond donors (Lipinski definition) is 2. The van der Waals surface area contributed by atoms with Crippen molar-refractivity contribution < 1.29 is 0 Å². The molecule has 1 heterocycles. The number of nitrogens with one attached hydrogen (secondary N) is 1. The summed E-state index contributed by atoms with van der Waals surface area (Å²) in [6, 6.07) is 20.7. The van der Waals surface area contributed by atoms with E-state index in [-0.39, 0.29) is 5.56 Å². The van der Waals surface area contributed by atoms with E-state index in [0.717, 1.165) is 28.1 Å². The molecule has 0 fully saturated rings. The highest BCUT2D eigenvalue weighted by atomic mass is 16.1. The molecule has 30 heavy (non-hydrogen) atoms. The van der Waals surface area contributed by atoms with Gasteiger partial charge in [-0.1, -0.05) is 36.4 Å². The molecule has 0 unspecified atom stereocenters. The molecule has 0 atom stereocenters. The SMILES string of the molecule is C/C(=N/Nc1nc2ccccc2c(=O)n1-c1cccc(C)c1C)c1ccc(N)cc1. The second-order valence-corrected chi connectivity index (χ2v) is 7.24. The highest BCUT2D eigenvalue weighted by molar-refractivity contribution is 5.99. The number of nitrogens with two attached hydrogens (primary N) is 1. The summed E-state index contributed by atoms with van der Waals surface area (Å²) < 4.78 is 1.59. The average Bonchev–Trinajstić information content (AvgIpc) is 2.75. The number of hydrogen-bond acceptors (Lipinski definition) is 5. The Morgan fingerprint density at radius 2 is 1.73 bits per heavy atom. The Morgan fingerprint density at radius 3 is 2.50 bits per heavy atom.